The maximum absolute atomic E-state index is 12.9. The van der Waals surface area contributed by atoms with E-state index in [4.69, 9.17) is 0 Å². The first kappa shape index (κ1) is 20.9. The summed E-state index contributed by atoms with van der Waals surface area (Å²) in [6.45, 7) is 5.81. The molecule has 8 heteroatoms. The van der Waals surface area contributed by atoms with Crippen LogP contribution in [-0.2, 0) is 4.79 Å². The van der Waals surface area contributed by atoms with Gasteiger partial charge in [-0.15, -0.1) is 11.8 Å². The van der Waals surface area contributed by atoms with Crippen molar-refractivity contribution in [3.63, 3.8) is 0 Å². The minimum atomic E-state index is -0.248. The van der Waals surface area contributed by atoms with E-state index in [9.17, 15) is 9.59 Å². The van der Waals surface area contributed by atoms with Crippen molar-refractivity contribution in [3.8, 4) is 0 Å². The third-order valence-corrected chi connectivity index (χ3v) is 5.38. The number of anilines is 1. The largest absolute Gasteiger partial charge is 0.332 e. The van der Waals surface area contributed by atoms with Gasteiger partial charge >= 0.3 is 0 Å². The highest BCUT2D eigenvalue weighted by molar-refractivity contribution is 7.98. The number of aryl methyl sites for hydroxylation is 1. The monoisotopic (exact) mass is 411 g/mol. The number of nitrogens with one attached hydrogen (secondary N) is 1. The summed E-state index contributed by atoms with van der Waals surface area (Å²) < 4.78 is 1.83. The lowest BCUT2D eigenvalue weighted by Crippen LogP contribution is -2.35. The maximum Gasteiger partial charge on any atom is 0.255 e. The molecule has 0 aliphatic rings. The van der Waals surface area contributed by atoms with E-state index in [1.54, 1.807) is 38.0 Å². The highest BCUT2D eigenvalue weighted by Gasteiger charge is 2.20. The average molecular weight is 412 g/mol. The molecule has 2 aromatic heterocycles. The Kier molecular flexibility index (Phi) is 6.22. The van der Waals surface area contributed by atoms with Gasteiger partial charge < -0.3 is 10.2 Å². The fourth-order valence-electron chi connectivity index (χ4n) is 3.09. The molecule has 152 valence electrons. The van der Waals surface area contributed by atoms with Gasteiger partial charge in [-0.25, -0.2) is 9.67 Å². The molecule has 0 bridgehead atoms. The molecule has 3 aromatic rings. The van der Waals surface area contributed by atoms with E-state index in [0.717, 1.165) is 21.6 Å². The van der Waals surface area contributed by atoms with Crippen LogP contribution in [0.2, 0.25) is 0 Å². The van der Waals surface area contributed by atoms with E-state index in [1.807, 2.05) is 49.1 Å². The molecule has 1 N–H and O–H groups in total. The normalized spacial score (nSPS) is 11.1. The molecule has 1 aromatic carbocycles. The van der Waals surface area contributed by atoms with Crippen molar-refractivity contribution in [1.29, 1.82) is 0 Å². The van der Waals surface area contributed by atoms with E-state index in [-0.39, 0.29) is 24.4 Å². The van der Waals surface area contributed by atoms with Crippen LogP contribution in [0.5, 0.6) is 0 Å². The lowest BCUT2D eigenvalue weighted by Gasteiger charge is -2.18. The van der Waals surface area contributed by atoms with Gasteiger partial charge in [0.15, 0.2) is 5.65 Å². The molecule has 0 atom stereocenters. The Morgan fingerprint density at radius 3 is 2.69 bits per heavy atom. The summed E-state index contributed by atoms with van der Waals surface area (Å²) in [6, 6.07) is 9.55. The first-order valence-electron chi connectivity index (χ1n) is 9.35. The molecule has 0 saturated heterocycles. The Balaban J connectivity index is 1.76. The first-order valence-corrected chi connectivity index (χ1v) is 10.6. The van der Waals surface area contributed by atoms with Gasteiger partial charge in [0.05, 0.1) is 29.7 Å². The molecule has 0 unspecified atom stereocenters. The zero-order chi connectivity index (χ0) is 21.1. The molecule has 0 saturated carbocycles. The van der Waals surface area contributed by atoms with Gasteiger partial charge in [0, 0.05) is 23.4 Å². The zero-order valence-electron chi connectivity index (χ0n) is 17.3. The second-order valence-electron chi connectivity index (χ2n) is 7.13. The van der Waals surface area contributed by atoms with E-state index in [2.05, 4.69) is 15.4 Å². The van der Waals surface area contributed by atoms with Gasteiger partial charge in [0.25, 0.3) is 5.91 Å². The number of hydrogen-bond acceptors (Lipinski definition) is 5. The van der Waals surface area contributed by atoms with E-state index >= 15 is 0 Å². The van der Waals surface area contributed by atoms with Crippen molar-refractivity contribution in [2.24, 2.45) is 0 Å². The number of amides is 2. The minimum Gasteiger partial charge on any atom is -0.332 e. The molecule has 29 heavy (non-hydrogen) atoms. The van der Waals surface area contributed by atoms with Crippen molar-refractivity contribution < 1.29 is 9.59 Å². The lowest BCUT2D eigenvalue weighted by molar-refractivity contribution is -0.116. The van der Waals surface area contributed by atoms with Crippen LogP contribution in [0.1, 0.15) is 35.9 Å². The van der Waals surface area contributed by atoms with Crippen LogP contribution in [0, 0.1) is 6.92 Å². The second-order valence-corrected chi connectivity index (χ2v) is 7.97. The van der Waals surface area contributed by atoms with Gasteiger partial charge in [-0.3, -0.25) is 9.59 Å². The second kappa shape index (κ2) is 8.65. The predicted molar refractivity (Wildman–Crippen MR) is 116 cm³/mol. The summed E-state index contributed by atoms with van der Waals surface area (Å²) in [7, 11) is 1.61. The number of benzene rings is 1. The van der Waals surface area contributed by atoms with E-state index in [1.165, 1.54) is 4.90 Å². The number of rotatable bonds is 6. The number of carbonyl (C=O) groups is 2. The van der Waals surface area contributed by atoms with Crippen LogP contribution in [-0.4, -0.2) is 51.3 Å². The van der Waals surface area contributed by atoms with Crippen LogP contribution in [0.4, 0.5) is 5.69 Å². The van der Waals surface area contributed by atoms with Crippen LogP contribution >= 0.6 is 11.8 Å². The van der Waals surface area contributed by atoms with E-state index < -0.39 is 0 Å². The summed E-state index contributed by atoms with van der Waals surface area (Å²) in [5.41, 5.74) is 2.58. The predicted octanol–water partition coefficient (Wildman–Crippen LogP) is 3.75. The van der Waals surface area contributed by atoms with Crippen LogP contribution in [0.25, 0.3) is 11.0 Å². The van der Waals surface area contributed by atoms with Crippen LogP contribution < -0.4 is 5.32 Å². The fraction of sp³-hybridized carbons (Fsp3) is 0.333. The third-order valence-electron chi connectivity index (χ3n) is 4.59. The Bertz CT molecular complexity index is 1060. The average Bonchev–Trinajstić information content (AvgIpc) is 3.10. The third kappa shape index (κ3) is 4.42. The maximum atomic E-state index is 12.9. The molecule has 0 spiro atoms. The van der Waals surface area contributed by atoms with Gasteiger partial charge in [0.2, 0.25) is 5.91 Å². The molecule has 0 aliphatic carbocycles. The lowest BCUT2D eigenvalue weighted by atomic mass is 10.1. The van der Waals surface area contributed by atoms with Crippen LogP contribution in [0.3, 0.4) is 0 Å². The first-order chi connectivity index (χ1) is 13.8. The van der Waals surface area contributed by atoms with Crippen molar-refractivity contribution in [1.82, 2.24) is 19.7 Å². The molecule has 2 amide bonds. The summed E-state index contributed by atoms with van der Waals surface area (Å²) in [6.07, 6.45) is 3.67. The zero-order valence-corrected chi connectivity index (χ0v) is 18.1. The molecule has 0 aliphatic heterocycles. The quantitative estimate of drug-likeness (QED) is 0.625. The fourth-order valence-corrected chi connectivity index (χ4v) is 3.64. The van der Waals surface area contributed by atoms with Crippen molar-refractivity contribution in [2.45, 2.75) is 31.7 Å². The number of fused-ring (bicyclic) bond motifs is 1. The van der Waals surface area contributed by atoms with Crippen LogP contribution in [0.15, 0.2) is 41.4 Å². The highest BCUT2D eigenvalue weighted by atomic mass is 32.2. The van der Waals surface area contributed by atoms with Gasteiger partial charge in [-0.1, -0.05) is 12.1 Å². The van der Waals surface area contributed by atoms with Crippen molar-refractivity contribution in [3.05, 3.63) is 47.8 Å². The molecular formula is C21H25N5O2S. The van der Waals surface area contributed by atoms with Crippen molar-refractivity contribution in [2.75, 3.05) is 25.2 Å². The molecule has 2 heterocycles. The smallest absolute Gasteiger partial charge is 0.255 e. The topological polar surface area (TPSA) is 80.1 Å². The van der Waals surface area contributed by atoms with Gasteiger partial charge in [0.1, 0.15) is 0 Å². The van der Waals surface area contributed by atoms with Crippen molar-refractivity contribution >= 4 is 40.3 Å². The Morgan fingerprint density at radius 2 is 2.00 bits per heavy atom. The number of likely N-dealkylation sites (N-methyl/N-ethyl adjacent to an activating group) is 1. The molecule has 0 fully saturated rings. The number of thioether (sulfide) groups is 1. The number of para-hydroxylation sites is 1. The Hall–Kier alpha value is -2.87. The summed E-state index contributed by atoms with van der Waals surface area (Å²) in [4.78, 5) is 32.4. The van der Waals surface area contributed by atoms with Gasteiger partial charge in [-0.05, 0) is 45.2 Å². The SMILES string of the molecule is CSc1ccccc1NC(=O)CN(C)C(=O)c1cc2cnn(C(C)C)c2nc1C. The Labute approximate surface area is 174 Å². The number of pyridine rings is 1. The highest BCUT2D eigenvalue weighted by Crippen LogP contribution is 2.24. The number of nitrogens with zero attached hydrogens (tertiary/aromatic N) is 4. The molecule has 0 radical (unpaired) electrons. The summed E-state index contributed by atoms with van der Waals surface area (Å²) >= 11 is 1.55. The summed E-state index contributed by atoms with van der Waals surface area (Å²) in [5, 5.41) is 8.04. The summed E-state index contributed by atoms with van der Waals surface area (Å²) in [5.74, 6) is -0.496. The van der Waals surface area contributed by atoms with E-state index in [0.29, 0.717) is 11.3 Å². The Morgan fingerprint density at radius 1 is 1.28 bits per heavy atom. The number of aromatic nitrogens is 3. The molecular weight excluding hydrogens is 386 g/mol. The number of hydrogen-bond donors (Lipinski definition) is 1. The van der Waals surface area contributed by atoms with Gasteiger partial charge in [-0.2, -0.15) is 5.10 Å². The number of carbonyl (C=O) groups excluding carboxylic acids is 2. The minimum absolute atomic E-state index is 0.0513. The standard InChI is InChI=1S/C21H25N5O2S/c1-13(2)26-20-15(11-22-26)10-16(14(3)23-20)21(28)25(4)12-19(27)24-17-8-6-7-9-18(17)29-5/h6-11,13H,12H2,1-5H3,(H,24,27). The molecule has 7 nitrogen and oxygen atoms in total. The molecule has 3 rings (SSSR count).